The minimum absolute atomic E-state index is 0.0647. The molecule has 1 saturated heterocycles. The first-order chi connectivity index (χ1) is 12.9. The highest BCUT2D eigenvalue weighted by Gasteiger charge is 2.34. The number of rotatable bonds is 5. The molecule has 1 aromatic carbocycles. The molecule has 0 saturated carbocycles. The lowest BCUT2D eigenvalue weighted by Crippen LogP contribution is -2.23. The molecule has 0 aliphatic carbocycles. The van der Waals surface area contributed by atoms with Gasteiger partial charge < -0.3 is 14.4 Å². The summed E-state index contributed by atoms with van der Waals surface area (Å²) in [6, 6.07) is 8.42. The number of carbonyl (C=O) groups is 1. The summed E-state index contributed by atoms with van der Waals surface area (Å²) < 4.78 is 49.3. The lowest BCUT2D eigenvalue weighted by molar-refractivity contribution is -0.139. The molecule has 8 heteroatoms. The first-order valence-corrected chi connectivity index (χ1v) is 8.47. The Labute approximate surface area is 154 Å². The van der Waals surface area contributed by atoms with Gasteiger partial charge in [0.25, 0.3) is 0 Å². The third-order valence-corrected chi connectivity index (χ3v) is 4.44. The zero-order valence-corrected chi connectivity index (χ0v) is 14.7. The molecule has 1 atom stereocenters. The molecule has 1 aliphatic heterocycles. The van der Waals surface area contributed by atoms with Gasteiger partial charge in [-0.3, -0.25) is 0 Å². The Kier molecular flexibility index (Phi) is 5.53. The van der Waals surface area contributed by atoms with E-state index in [9.17, 15) is 18.0 Å². The molecule has 0 spiro atoms. The maximum Gasteiger partial charge on any atom is 0.419 e. The molecule has 2 aromatic rings. The number of benzene rings is 1. The van der Waals surface area contributed by atoms with Crippen molar-refractivity contribution < 1.29 is 27.4 Å². The second-order valence-electron chi connectivity index (χ2n) is 6.30. The number of halogens is 3. The van der Waals surface area contributed by atoms with E-state index in [1.807, 2.05) is 4.90 Å². The van der Waals surface area contributed by atoms with Gasteiger partial charge in [-0.25, -0.2) is 9.78 Å². The van der Waals surface area contributed by atoms with E-state index in [4.69, 9.17) is 9.47 Å². The third-order valence-electron chi connectivity index (χ3n) is 4.44. The summed E-state index contributed by atoms with van der Waals surface area (Å²) >= 11 is 0. The maximum atomic E-state index is 13.0. The normalized spacial score (nSPS) is 17.0. The van der Waals surface area contributed by atoms with Crippen LogP contribution in [0.3, 0.4) is 0 Å². The Morgan fingerprint density at radius 2 is 2.07 bits per heavy atom. The number of aromatic nitrogens is 1. The zero-order chi connectivity index (χ0) is 19.4. The number of nitrogens with zero attached hydrogens (tertiary/aromatic N) is 2. The van der Waals surface area contributed by atoms with Gasteiger partial charge in [-0.1, -0.05) is 12.1 Å². The maximum absolute atomic E-state index is 13.0. The Hall–Kier alpha value is -2.77. The zero-order valence-electron chi connectivity index (χ0n) is 14.7. The predicted octanol–water partition coefficient (Wildman–Crippen LogP) is 3.79. The topological polar surface area (TPSA) is 51.7 Å². The number of carbonyl (C=O) groups excluding carboxylic acids is 1. The number of para-hydroxylation sites is 1. The summed E-state index contributed by atoms with van der Waals surface area (Å²) in [7, 11) is 1.31. The van der Waals surface area contributed by atoms with Crippen LogP contribution in [0.5, 0.6) is 5.75 Å². The number of alkyl halides is 3. The van der Waals surface area contributed by atoms with Gasteiger partial charge in [0.05, 0.1) is 24.8 Å². The quantitative estimate of drug-likeness (QED) is 0.739. The van der Waals surface area contributed by atoms with Gasteiger partial charge in [-0.2, -0.15) is 13.2 Å². The van der Waals surface area contributed by atoms with E-state index in [0.29, 0.717) is 24.5 Å². The molecule has 2 heterocycles. The number of methoxy groups -OCH3 is 1. The number of ether oxygens (including phenoxy) is 2. The largest absolute Gasteiger partial charge is 0.493 e. The van der Waals surface area contributed by atoms with Crippen LogP contribution >= 0.6 is 0 Å². The summed E-state index contributed by atoms with van der Waals surface area (Å²) in [6.45, 7) is 1.46. The minimum atomic E-state index is -4.45. The fourth-order valence-electron chi connectivity index (χ4n) is 3.05. The van der Waals surface area contributed by atoms with E-state index < -0.39 is 17.7 Å². The number of hydrogen-bond acceptors (Lipinski definition) is 5. The summed E-state index contributed by atoms with van der Waals surface area (Å²) in [4.78, 5) is 17.9. The summed E-state index contributed by atoms with van der Waals surface area (Å²) in [5, 5.41) is 0. The van der Waals surface area contributed by atoms with E-state index in [-0.39, 0.29) is 18.3 Å². The van der Waals surface area contributed by atoms with Crippen LogP contribution < -0.4 is 9.64 Å². The van der Waals surface area contributed by atoms with Crippen LogP contribution in [0, 0.1) is 5.92 Å². The van der Waals surface area contributed by atoms with Crippen molar-refractivity contribution in [1.82, 2.24) is 4.98 Å². The molecule has 1 fully saturated rings. The van der Waals surface area contributed by atoms with E-state index in [2.05, 4.69) is 4.98 Å². The van der Waals surface area contributed by atoms with Crippen LogP contribution in [-0.2, 0) is 10.9 Å². The summed E-state index contributed by atoms with van der Waals surface area (Å²) in [6.07, 6.45) is -2.15. The summed E-state index contributed by atoms with van der Waals surface area (Å²) in [5.41, 5.74) is -0.367. The Balaban J connectivity index is 1.62. The Morgan fingerprint density at radius 3 is 2.81 bits per heavy atom. The predicted molar refractivity (Wildman–Crippen MR) is 92.8 cm³/mol. The van der Waals surface area contributed by atoms with E-state index in [1.54, 1.807) is 12.1 Å². The number of anilines is 1. The number of pyridine rings is 1. The number of esters is 1. The molecule has 0 amide bonds. The molecular formula is C19H19F3N2O3. The van der Waals surface area contributed by atoms with Crippen LogP contribution in [0.2, 0.25) is 0 Å². The fraction of sp³-hybridized carbons (Fsp3) is 0.368. The van der Waals surface area contributed by atoms with Crippen molar-refractivity contribution in [2.24, 2.45) is 5.92 Å². The van der Waals surface area contributed by atoms with E-state index in [0.717, 1.165) is 12.5 Å². The van der Waals surface area contributed by atoms with E-state index in [1.165, 1.54) is 31.5 Å². The standard InChI is InChI=1S/C19H19F3N2O3/c1-26-18(25)14-6-8-23-17(10-14)24-9-7-13(11-24)12-27-16-5-3-2-4-15(16)19(20,21)22/h2-6,8,10,13H,7,9,11-12H2,1H3. The molecule has 144 valence electrons. The monoisotopic (exact) mass is 380 g/mol. The van der Waals surface area contributed by atoms with Crippen LogP contribution in [0.25, 0.3) is 0 Å². The highest BCUT2D eigenvalue weighted by Crippen LogP contribution is 2.36. The minimum Gasteiger partial charge on any atom is -0.493 e. The summed E-state index contributed by atoms with van der Waals surface area (Å²) in [5.74, 6) is 0.0988. The first kappa shape index (κ1) is 19.0. The van der Waals surface area contributed by atoms with Crippen molar-refractivity contribution >= 4 is 11.8 Å². The molecule has 27 heavy (non-hydrogen) atoms. The van der Waals surface area contributed by atoms with E-state index >= 15 is 0 Å². The molecule has 1 aromatic heterocycles. The molecule has 0 N–H and O–H groups in total. The molecule has 5 nitrogen and oxygen atoms in total. The lowest BCUT2D eigenvalue weighted by atomic mass is 10.1. The van der Waals surface area contributed by atoms with Gasteiger partial charge in [-0.05, 0) is 30.7 Å². The van der Waals surface area contributed by atoms with Crippen LogP contribution in [0.4, 0.5) is 19.0 Å². The number of hydrogen-bond donors (Lipinski definition) is 0. The SMILES string of the molecule is COC(=O)c1ccnc(N2CCC(COc3ccccc3C(F)(F)F)C2)c1. The van der Waals surface area contributed by atoms with Crippen molar-refractivity contribution in [1.29, 1.82) is 0 Å². The second kappa shape index (κ2) is 7.85. The van der Waals surface area contributed by atoms with Gasteiger partial charge in [0.2, 0.25) is 0 Å². The second-order valence-corrected chi connectivity index (χ2v) is 6.30. The van der Waals surface area contributed by atoms with Gasteiger partial charge in [0.15, 0.2) is 0 Å². The van der Waals surface area contributed by atoms with Crippen molar-refractivity contribution in [3.05, 3.63) is 53.7 Å². The Bertz CT molecular complexity index is 811. The van der Waals surface area contributed by atoms with Gasteiger partial charge in [0, 0.05) is 25.2 Å². The van der Waals surface area contributed by atoms with Crippen LogP contribution in [0.15, 0.2) is 42.6 Å². The van der Waals surface area contributed by atoms with Crippen LogP contribution in [0.1, 0.15) is 22.3 Å². The molecule has 3 rings (SSSR count). The highest BCUT2D eigenvalue weighted by atomic mass is 19.4. The highest BCUT2D eigenvalue weighted by molar-refractivity contribution is 5.90. The fourth-order valence-corrected chi connectivity index (χ4v) is 3.05. The smallest absolute Gasteiger partial charge is 0.419 e. The van der Waals surface area contributed by atoms with Crippen molar-refractivity contribution in [2.75, 3.05) is 31.7 Å². The molecule has 1 unspecified atom stereocenters. The van der Waals surface area contributed by atoms with Gasteiger partial charge in [-0.15, -0.1) is 0 Å². The van der Waals surface area contributed by atoms with Crippen LogP contribution in [-0.4, -0.2) is 37.8 Å². The van der Waals surface area contributed by atoms with Crippen molar-refractivity contribution in [2.45, 2.75) is 12.6 Å². The first-order valence-electron chi connectivity index (χ1n) is 8.47. The van der Waals surface area contributed by atoms with Crippen molar-refractivity contribution in [3.63, 3.8) is 0 Å². The van der Waals surface area contributed by atoms with Gasteiger partial charge in [0.1, 0.15) is 11.6 Å². The van der Waals surface area contributed by atoms with Gasteiger partial charge >= 0.3 is 12.1 Å². The third kappa shape index (κ3) is 4.50. The lowest BCUT2D eigenvalue weighted by Gasteiger charge is -2.19. The Morgan fingerprint density at radius 1 is 1.30 bits per heavy atom. The average molecular weight is 380 g/mol. The molecule has 0 bridgehead atoms. The van der Waals surface area contributed by atoms with Crippen molar-refractivity contribution in [3.8, 4) is 5.75 Å². The average Bonchev–Trinajstić information content (AvgIpc) is 3.14. The molecule has 1 aliphatic rings. The molecular weight excluding hydrogens is 361 g/mol. The molecule has 0 radical (unpaired) electrons.